The lowest BCUT2D eigenvalue weighted by Gasteiger charge is -2.14. The molecular formula is C19H16BrIN2O4. The van der Waals surface area contributed by atoms with Crippen LogP contribution in [-0.2, 0) is 11.4 Å². The van der Waals surface area contributed by atoms with Crippen molar-refractivity contribution in [2.24, 2.45) is 0 Å². The molecule has 1 saturated heterocycles. The highest BCUT2D eigenvalue weighted by Crippen LogP contribution is 2.35. The number of urea groups is 1. The lowest BCUT2D eigenvalue weighted by Crippen LogP contribution is -2.25. The summed E-state index contributed by atoms with van der Waals surface area (Å²) in [6.45, 7) is 0.402. The van der Waals surface area contributed by atoms with Gasteiger partial charge in [0, 0.05) is 11.5 Å². The topological polar surface area (TPSA) is 67.9 Å². The van der Waals surface area contributed by atoms with Crippen LogP contribution in [0.5, 0.6) is 11.5 Å². The molecule has 27 heavy (non-hydrogen) atoms. The van der Waals surface area contributed by atoms with Gasteiger partial charge in [-0.1, -0.05) is 28.1 Å². The first-order chi connectivity index (χ1) is 12.9. The molecule has 3 rings (SSSR count). The van der Waals surface area contributed by atoms with Crippen molar-refractivity contribution in [3.63, 3.8) is 0 Å². The van der Waals surface area contributed by atoms with Gasteiger partial charge in [0.05, 0.1) is 10.7 Å². The quantitative estimate of drug-likeness (QED) is 0.350. The highest BCUT2D eigenvalue weighted by Gasteiger charge is 2.30. The van der Waals surface area contributed by atoms with E-state index in [0.717, 1.165) is 24.1 Å². The fourth-order valence-electron chi connectivity index (χ4n) is 2.49. The first-order valence-electron chi connectivity index (χ1n) is 7.94. The first kappa shape index (κ1) is 19.7. The van der Waals surface area contributed by atoms with Crippen LogP contribution in [0.3, 0.4) is 0 Å². The van der Waals surface area contributed by atoms with Gasteiger partial charge in [0.2, 0.25) is 0 Å². The summed E-state index contributed by atoms with van der Waals surface area (Å²) >= 11 is 5.57. The van der Waals surface area contributed by atoms with Gasteiger partial charge in [-0.3, -0.25) is 9.69 Å². The fourth-order valence-corrected chi connectivity index (χ4v) is 3.53. The molecule has 1 aliphatic rings. The number of halogens is 2. The molecule has 6 nitrogen and oxygen atoms in total. The summed E-state index contributed by atoms with van der Waals surface area (Å²) in [5, 5.41) is 2.54. The van der Waals surface area contributed by atoms with E-state index in [2.05, 4.69) is 43.8 Å². The number of methoxy groups -OCH3 is 1. The minimum Gasteiger partial charge on any atom is -0.493 e. The molecule has 0 unspecified atom stereocenters. The van der Waals surface area contributed by atoms with E-state index in [1.165, 1.54) is 7.05 Å². The van der Waals surface area contributed by atoms with Crippen molar-refractivity contribution < 1.29 is 19.1 Å². The van der Waals surface area contributed by atoms with Gasteiger partial charge >= 0.3 is 6.03 Å². The van der Waals surface area contributed by atoms with Crippen LogP contribution in [0.2, 0.25) is 0 Å². The van der Waals surface area contributed by atoms with Gasteiger partial charge in [-0.25, -0.2) is 4.79 Å². The van der Waals surface area contributed by atoms with E-state index in [0.29, 0.717) is 18.1 Å². The maximum Gasteiger partial charge on any atom is 0.328 e. The molecule has 2 aromatic rings. The Kier molecular flexibility index (Phi) is 6.05. The second-order valence-corrected chi connectivity index (χ2v) is 7.88. The zero-order valence-electron chi connectivity index (χ0n) is 14.6. The van der Waals surface area contributed by atoms with Gasteiger partial charge in [0.1, 0.15) is 12.3 Å². The second kappa shape index (κ2) is 8.30. The summed E-state index contributed by atoms with van der Waals surface area (Å²) in [5.41, 5.74) is 1.99. The number of nitrogens with one attached hydrogen (secondary N) is 1. The van der Waals surface area contributed by atoms with Gasteiger partial charge in [0.15, 0.2) is 11.5 Å². The number of imide groups is 1. The van der Waals surface area contributed by atoms with E-state index < -0.39 is 6.03 Å². The Morgan fingerprint density at radius 3 is 2.52 bits per heavy atom. The van der Waals surface area contributed by atoms with Crippen molar-refractivity contribution >= 4 is 56.5 Å². The van der Waals surface area contributed by atoms with Crippen LogP contribution in [0, 0.1) is 3.57 Å². The molecule has 0 bridgehead atoms. The number of nitrogens with zero attached hydrogens (tertiary/aromatic N) is 1. The molecule has 1 heterocycles. The Hall–Kier alpha value is -2.07. The summed E-state index contributed by atoms with van der Waals surface area (Å²) < 4.78 is 13.3. The van der Waals surface area contributed by atoms with E-state index >= 15 is 0 Å². The number of rotatable bonds is 5. The van der Waals surface area contributed by atoms with Crippen molar-refractivity contribution in [1.29, 1.82) is 0 Å². The molecule has 1 aliphatic heterocycles. The zero-order valence-corrected chi connectivity index (χ0v) is 18.3. The van der Waals surface area contributed by atoms with E-state index in [1.807, 2.05) is 30.3 Å². The van der Waals surface area contributed by atoms with Crippen LogP contribution < -0.4 is 14.8 Å². The largest absolute Gasteiger partial charge is 0.493 e. The van der Waals surface area contributed by atoms with Crippen LogP contribution in [0.1, 0.15) is 11.1 Å². The lowest BCUT2D eigenvalue weighted by atomic mass is 10.1. The molecular weight excluding hydrogens is 527 g/mol. The van der Waals surface area contributed by atoms with Crippen LogP contribution >= 0.6 is 38.5 Å². The third-order valence-electron chi connectivity index (χ3n) is 3.94. The highest BCUT2D eigenvalue weighted by molar-refractivity contribution is 14.1. The van der Waals surface area contributed by atoms with Gasteiger partial charge in [0.25, 0.3) is 5.91 Å². The number of carbonyl (C=O) groups excluding carboxylic acids is 2. The molecule has 3 amide bonds. The van der Waals surface area contributed by atoms with Crippen LogP contribution in [0.25, 0.3) is 6.08 Å². The molecule has 0 aromatic heterocycles. The molecule has 0 spiro atoms. The molecule has 8 heteroatoms. The van der Waals surface area contributed by atoms with Gasteiger partial charge < -0.3 is 14.8 Å². The Bertz CT molecular complexity index is 928. The number of amides is 3. The molecule has 0 saturated carbocycles. The summed E-state index contributed by atoms with van der Waals surface area (Å²) in [6, 6.07) is 11.1. The minimum atomic E-state index is -0.442. The van der Waals surface area contributed by atoms with E-state index in [9.17, 15) is 9.59 Å². The van der Waals surface area contributed by atoms with Gasteiger partial charge in [-0.05, 0) is 64.1 Å². The predicted octanol–water partition coefficient (Wildman–Crippen LogP) is 4.16. The Labute approximate surface area is 178 Å². The molecule has 0 radical (unpaired) electrons. The first-order valence-corrected chi connectivity index (χ1v) is 9.81. The molecule has 2 aromatic carbocycles. The normalized spacial score (nSPS) is 15.3. The van der Waals surface area contributed by atoms with E-state index in [4.69, 9.17) is 9.47 Å². The molecule has 140 valence electrons. The molecule has 0 atom stereocenters. The van der Waals surface area contributed by atoms with Crippen molar-refractivity contribution in [2.75, 3.05) is 14.2 Å². The Morgan fingerprint density at radius 2 is 1.93 bits per heavy atom. The summed E-state index contributed by atoms with van der Waals surface area (Å²) in [6.07, 6.45) is 1.62. The molecule has 1 N–H and O–H groups in total. The number of hydrogen-bond donors (Lipinski definition) is 1. The molecule has 1 fully saturated rings. The Balaban J connectivity index is 1.84. The third-order valence-corrected chi connectivity index (χ3v) is 5.27. The fraction of sp³-hybridized carbons (Fsp3) is 0.158. The Morgan fingerprint density at radius 1 is 1.22 bits per heavy atom. The average Bonchev–Trinajstić information content (AvgIpc) is 2.88. The van der Waals surface area contributed by atoms with E-state index in [-0.39, 0.29) is 11.6 Å². The van der Waals surface area contributed by atoms with Crippen molar-refractivity contribution in [3.8, 4) is 11.5 Å². The summed E-state index contributed by atoms with van der Waals surface area (Å²) in [4.78, 5) is 24.6. The van der Waals surface area contributed by atoms with Gasteiger partial charge in [-0.15, -0.1) is 0 Å². The third kappa shape index (κ3) is 4.44. The number of likely N-dealkylation sites (N-methyl/N-ethyl adjacent to an activating group) is 1. The average molecular weight is 543 g/mol. The number of hydrogen-bond acceptors (Lipinski definition) is 4. The SMILES string of the molecule is COc1cc(/C=C2/NC(=O)N(C)C2=O)cc(I)c1OCc1ccc(Br)cc1. The lowest BCUT2D eigenvalue weighted by molar-refractivity contribution is -0.121. The maximum absolute atomic E-state index is 12.0. The van der Waals surface area contributed by atoms with Crippen LogP contribution in [0.15, 0.2) is 46.6 Å². The second-order valence-electron chi connectivity index (χ2n) is 5.80. The predicted molar refractivity (Wildman–Crippen MR) is 113 cm³/mol. The van der Waals surface area contributed by atoms with Crippen molar-refractivity contribution in [2.45, 2.75) is 6.61 Å². The van der Waals surface area contributed by atoms with Crippen molar-refractivity contribution in [1.82, 2.24) is 10.2 Å². The van der Waals surface area contributed by atoms with Crippen molar-refractivity contribution in [3.05, 3.63) is 61.3 Å². The maximum atomic E-state index is 12.0. The van der Waals surface area contributed by atoms with Gasteiger partial charge in [-0.2, -0.15) is 0 Å². The summed E-state index contributed by atoms with van der Waals surface area (Å²) in [5.74, 6) is 0.808. The number of benzene rings is 2. The van der Waals surface area contributed by atoms with E-state index in [1.54, 1.807) is 19.3 Å². The molecule has 0 aliphatic carbocycles. The monoisotopic (exact) mass is 542 g/mol. The summed E-state index contributed by atoms with van der Waals surface area (Å²) in [7, 11) is 2.99. The van der Waals surface area contributed by atoms with Crippen LogP contribution in [0.4, 0.5) is 4.79 Å². The standard InChI is InChI=1S/C19H16BrIN2O4/c1-23-18(24)15(22-19(23)25)8-12-7-14(21)17(16(9-12)26-2)27-10-11-3-5-13(20)6-4-11/h3-9H,10H2,1-2H3,(H,22,25)/b15-8+. The number of ether oxygens (including phenoxy) is 2. The number of carbonyl (C=O) groups is 2. The van der Waals surface area contributed by atoms with Crippen LogP contribution in [-0.4, -0.2) is 31.0 Å². The minimum absolute atomic E-state index is 0.226. The smallest absolute Gasteiger partial charge is 0.328 e. The highest BCUT2D eigenvalue weighted by atomic mass is 127. The zero-order chi connectivity index (χ0) is 19.6.